The van der Waals surface area contributed by atoms with Crippen molar-refractivity contribution < 1.29 is 23.5 Å². The summed E-state index contributed by atoms with van der Waals surface area (Å²) >= 11 is 5.38. The molecule has 0 amide bonds. The molecular formula is C23H22N2O6S. The summed E-state index contributed by atoms with van der Waals surface area (Å²) in [6.07, 6.45) is 0. The van der Waals surface area contributed by atoms with Crippen LogP contribution in [0, 0.1) is 6.92 Å². The van der Waals surface area contributed by atoms with Crippen LogP contribution in [0.5, 0.6) is 0 Å². The van der Waals surface area contributed by atoms with Gasteiger partial charge in [-0.05, 0) is 68.9 Å². The van der Waals surface area contributed by atoms with Crippen molar-refractivity contribution >= 4 is 51.6 Å². The number of rotatable bonds is 6. The van der Waals surface area contributed by atoms with Crippen LogP contribution in [0.15, 0.2) is 51.7 Å². The number of carbonyl (C=O) groups excluding carboxylic acids is 2. The number of anilines is 2. The Balaban J connectivity index is 1.87. The fourth-order valence-electron chi connectivity index (χ4n) is 3.06. The van der Waals surface area contributed by atoms with E-state index in [0.29, 0.717) is 11.3 Å². The molecule has 3 aromatic rings. The molecule has 9 heteroatoms. The average molecular weight is 455 g/mol. The maximum absolute atomic E-state index is 12.3. The van der Waals surface area contributed by atoms with Gasteiger partial charge in [-0.2, -0.15) is 0 Å². The Morgan fingerprint density at radius 3 is 2.41 bits per heavy atom. The molecule has 166 valence electrons. The molecule has 2 aromatic carbocycles. The zero-order valence-corrected chi connectivity index (χ0v) is 18.6. The standard InChI is InChI=1S/C23H22N2O6S/c1-4-29-21(27)14-6-8-17(22(28)30-5-2)18(11-14)25-23(32)24-15-7-9-16-13(3)10-20(26)31-19(16)12-15/h6-12H,4-5H2,1-3H3,(H2,24,25,32). The second-order valence-corrected chi connectivity index (χ2v) is 7.15. The van der Waals surface area contributed by atoms with Gasteiger partial charge in [0.2, 0.25) is 0 Å². The second-order valence-electron chi connectivity index (χ2n) is 6.74. The number of benzene rings is 2. The molecule has 0 fully saturated rings. The van der Waals surface area contributed by atoms with Crippen molar-refractivity contribution in [2.24, 2.45) is 0 Å². The van der Waals surface area contributed by atoms with Gasteiger partial charge >= 0.3 is 17.6 Å². The lowest BCUT2D eigenvalue weighted by molar-refractivity contribution is 0.0512. The Morgan fingerprint density at radius 2 is 1.69 bits per heavy atom. The summed E-state index contributed by atoms with van der Waals surface area (Å²) in [6, 6.07) is 11.1. The summed E-state index contributed by atoms with van der Waals surface area (Å²) in [5.74, 6) is -1.08. The highest BCUT2D eigenvalue weighted by atomic mass is 32.1. The zero-order valence-electron chi connectivity index (χ0n) is 17.8. The van der Waals surface area contributed by atoms with Crippen molar-refractivity contribution in [2.45, 2.75) is 20.8 Å². The number of fused-ring (bicyclic) bond motifs is 1. The monoisotopic (exact) mass is 454 g/mol. The number of carbonyl (C=O) groups is 2. The van der Waals surface area contributed by atoms with Crippen LogP contribution in [0.2, 0.25) is 0 Å². The van der Waals surface area contributed by atoms with Gasteiger partial charge in [-0.15, -0.1) is 0 Å². The van der Waals surface area contributed by atoms with Crippen molar-refractivity contribution in [2.75, 3.05) is 23.8 Å². The van der Waals surface area contributed by atoms with Crippen LogP contribution in [0.4, 0.5) is 11.4 Å². The quantitative estimate of drug-likeness (QED) is 0.321. The number of esters is 2. The van der Waals surface area contributed by atoms with Crippen LogP contribution in [0.1, 0.15) is 40.1 Å². The molecule has 1 heterocycles. The second kappa shape index (κ2) is 10.1. The predicted octanol–water partition coefficient (Wildman–Crippen LogP) is 4.26. The molecule has 0 spiro atoms. The molecule has 0 aliphatic heterocycles. The predicted molar refractivity (Wildman–Crippen MR) is 125 cm³/mol. The average Bonchev–Trinajstić information content (AvgIpc) is 2.73. The number of aryl methyl sites for hydroxylation is 1. The van der Waals surface area contributed by atoms with E-state index in [9.17, 15) is 14.4 Å². The largest absolute Gasteiger partial charge is 0.462 e. The molecule has 0 saturated carbocycles. The first-order valence-electron chi connectivity index (χ1n) is 9.93. The van der Waals surface area contributed by atoms with E-state index in [1.54, 1.807) is 26.0 Å². The van der Waals surface area contributed by atoms with Crippen LogP contribution in [-0.2, 0) is 9.47 Å². The smallest absolute Gasteiger partial charge is 0.340 e. The van der Waals surface area contributed by atoms with Crippen LogP contribution in [-0.4, -0.2) is 30.3 Å². The van der Waals surface area contributed by atoms with Crippen LogP contribution < -0.4 is 16.3 Å². The molecule has 0 atom stereocenters. The Morgan fingerprint density at radius 1 is 0.969 bits per heavy atom. The first kappa shape index (κ1) is 23.0. The van der Waals surface area contributed by atoms with Crippen molar-refractivity contribution in [3.63, 3.8) is 0 Å². The highest BCUT2D eigenvalue weighted by Gasteiger charge is 2.17. The van der Waals surface area contributed by atoms with Crippen LogP contribution >= 0.6 is 12.2 Å². The lowest BCUT2D eigenvalue weighted by Gasteiger charge is -2.15. The summed E-state index contributed by atoms with van der Waals surface area (Å²) in [5, 5.41) is 6.87. The van der Waals surface area contributed by atoms with Gasteiger partial charge in [0.15, 0.2) is 5.11 Å². The zero-order chi connectivity index (χ0) is 23.3. The summed E-state index contributed by atoms with van der Waals surface area (Å²) in [6.45, 7) is 5.65. The Bertz CT molecular complexity index is 1250. The topological polar surface area (TPSA) is 107 Å². The molecule has 0 bridgehead atoms. The van der Waals surface area contributed by atoms with Gasteiger partial charge in [0.25, 0.3) is 0 Å². The number of ether oxygens (including phenoxy) is 2. The summed E-state index contributed by atoms with van der Waals surface area (Å²) in [7, 11) is 0. The van der Waals surface area contributed by atoms with Crippen molar-refractivity contribution in [3.8, 4) is 0 Å². The first-order chi connectivity index (χ1) is 15.3. The molecule has 8 nitrogen and oxygen atoms in total. The molecule has 0 radical (unpaired) electrons. The van der Waals surface area contributed by atoms with E-state index in [4.69, 9.17) is 26.1 Å². The van der Waals surface area contributed by atoms with Crippen molar-refractivity contribution in [1.29, 1.82) is 0 Å². The minimum Gasteiger partial charge on any atom is -0.462 e. The van der Waals surface area contributed by atoms with E-state index in [1.165, 1.54) is 24.3 Å². The molecule has 0 saturated heterocycles. The van der Waals surface area contributed by atoms with E-state index in [2.05, 4.69) is 10.6 Å². The van der Waals surface area contributed by atoms with Gasteiger partial charge in [-0.3, -0.25) is 0 Å². The highest BCUT2D eigenvalue weighted by molar-refractivity contribution is 7.80. The van der Waals surface area contributed by atoms with E-state index in [1.807, 2.05) is 13.0 Å². The van der Waals surface area contributed by atoms with Gasteiger partial charge in [0.1, 0.15) is 5.58 Å². The maximum atomic E-state index is 12.3. The maximum Gasteiger partial charge on any atom is 0.340 e. The third-order valence-corrected chi connectivity index (χ3v) is 4.69. The fourth-order valence-corrected chi connectivity index (χ4v) is 3.29. The summed E-state index contributed by atoms with van der Waals surface area (Å²) in [5.41, 5.74) is 2.11. The first-order valence-corrected chi connectivity index (χ1v) is 10.3. The minimum absolute atomic E-state index is 0.158. The lowest BCUT2D eigenvalue weighted by Crippen LogP contribution is -2.21. The number of nitrogens with one attached hydrogen (secondary N) is 2. The Hall–Kier alpha value is -3.72. The van der Waals surface area contributed by atoms with Gasteiger partial charge in [0.05, 0.1) is 30.0 Å². The van der Waals surface area contributed by atoms with E-state index < -0.39 is 17.6 Å². The summed E-state index contributed by atoms with van der Waals surface area (Å²) < 4.78 is 15.4. The molecule has 0 aliphatic rings. The van der Waals surface area contributed by atoms with E-state index in [0.717, 1.165) is 10.9 Å². The molecule has 0 aliphatic carbocycles. The molecule has 1 aromatic heterocycles. The fraction of sp³-hybridized carbons (Fsp3) is 0.217. The third kappa shape index (κ3) is 5.30. The SMILES string of the molecule is CCOC(=O)c1ccc(C(=O)OCC)c(NC(=S)Nc2ccc3c(C)cc(=O)oc3c2)c1. The molecular weight excluding hydrogens is 432 g/mol. The van der Waals surface area contributed by atoms with Crippen LogP contribution in [0.25, 0.3) is 11.0 Å². The molecule has 0 unspecified atom stereocenters. The molecule has 3 rings (SSSR count). The highest BCUT2D eigenvalue weighted by Crippen LogP contribution is 2.23. The molecule has 2 N–H and O–H groups in total. The number of hydrogen-bond donors (Lipinski definition) is 2. The van der Waals surface area contributed by atoms with Gasteiger partial charge in [0, 0.05) is 23.2 Å². The van der Waals surface area contributed by atoms with Crippen molar-refractivity contribution in [1.82, 2.24) is 0 Å². The van der Waals surface area contributed by atoms with E-state index in [-0.39, 0.29) is 35.1 Å². The number of hydrogen-bond acceptors (Lipinski definition) is 7. The minimum atomic E-state index is -0.559. The van der Waals surface area contributed by atoms with Gasteiger partial charge < -0.3 is 24.5 Å². The number of thiocarbonyl (C=S) groups is 1. The van der Waals surface area contributed by atoms with Gasteiger partial charge in [-0.1, -0.05) is 0 Å². The third-order valence-electron chi connectivity index (χ3n) is 4.48. The van der Waals surface area contributed by atoms with Crippen LogP contribution in [0.3, 0.4) is 0 Å². The normalized spacial score (nSPS) is 10.5. The van der Waals surface area contributed by atoms with Gasteiger partial charge in [-0.25, -0.2) is 14.4 Å². The van der Waals surface area contributed by atoms with E-state index >= 15 is 0 Å². The summed E-state index contributed by atoms with van der Waals surface area (Å²) in [4.78, 5) is 36.1. The van der Waals surface area contributed by atoms with Crippen molar-refractivity contribution in [3.05, 3.63) is 69.6 Å². The Labute approximate surface area is 189 Å². The Kier molecular flexibility index (Phi) is 7.21. The lowest BCUT2D eigenvalue weighted by atomic mass is 10.1. The molecule has 32 heavy (non-hydrogen) atoms.